The second-order valence-electron chi connectivity index (χ2n) is 6.92. The van der Waals surface area contributed by atoms with E-state index in [1.54, 1.807) is 13.4 Å². The molecule has 8 heteroatoms. The monoisotopic (exact) mass is 428 g/mol. The van der Waals surface area contributed by atoms with Crippen LogP contribution in [0.2, 0.25) is 5.02 Å². The summed E-state index contributed by atoms with van der Waals surface area (Å²) in [5.41, 5.74) is 8.14. The number of imidazole rings is 1. The number of rotatable bonds is 10. The first-order chi connectivity index (χ1) is 14.5. The van der Waals surface area contributed by atoms with Crippen molar-refractivity contribution in [3.05, 3.63) is 76.8 Å². The number of hydrogen-bond donors (Lipinski definition) is 2. The number of nitrogens with two attached hydrogens (primary N) is 1. The molecule has 1 heterocycles. The van der Waals surface area contributed by atoms with Gasteiger partial charge in [0.2, 0.25) is 5.91 Å². The molecule has 0 aliphatic heterocycles. The van der Waals surface area contributed by atoms with Crippen LogP contribution in [-0.2, 0) is 31.4 Å². The molecule has 3 rings (SSSR count). The lowest BCUT2D eigenvalue weighted by Crippen LogP contribution is -2.42. The Kier molecular flexibility index (Phi) is 7.32. The van der Waals surface area contributed by atoms with E-state index in [1.165, 1.54) is 0 Å². The summed E-state index contributed by atoms with van der Waals surface area (Å²) in [6.45, 7) is 0.767. The molecule has 0 fully saturated rings. The topological polar surface area (TPSA) is 91.4 Å². The van der Waals surface area contributed by atoms with Gasteiger partial charge < -0.3 is 25.1 Å². The van der Waals surface area contributed by atoms with Crippen molar-refractivity contribution >= 4 is 17.5 Å². The fraction of sp³-hybridized carbons (Fsp3) is 0.273. The predicted molar refractivity (Wildman–Crippen MR) is 116 cm³/mol. The molecule has 0 saturated heterocycles. The first-order valence-corrected chi connectivity index (χ1v) is 9.86. The van der Waals surface area contributed by atoms with Gasteiger partial charge in [-0.2, -0.15) is 0 Å². The fourth-order valence-corrected chi connectivity index (χ4v) is 3.22. The molecule has 0 saturated carbocycles. The molecule has 30 heavy (non-hydrogen) atoms. The third-order valence-corrected chi connectivity index (χ3v) is 5.03. The number of aromatic nitrogens is 2. The van der Waals surface area contributed by atoms with Crippen LogP contribution in [0.1, 0.15) is 16.8 Å². The molecule has 3 aromatic rings. The number of benzene rings is 2. The zero-order chi connectivity index (χ0) is 21.5. The van der Waals surface area contributed by atoms with E-state index < -0.39 is 11.9 Å². The number of hydrogen-bond acceptors (Lipinski definition) is 5. The maximum atomic E-state index is 11.9. The Morgan fingerprint density at radius 3 is 2.73 bits per heavy atom. The van der Waals surface area contributed by atoms with Crippen LogP contribution < -0.4 is 20.5 Å². The first kappa shape index (κ1) is 21.7. The lowest BCUT2D eigenvalue weighted by atomic mass is 10.1. The van der Waals surface area contributed by atoms with Crippen LogP contribution in [0.15, 0.2) is 55.0 Å². The minimum atomic E-state index is -0.541. The van der Waals surface area contributed by atoms with Gasteiger partial charge in [-0.3, -0.25) is 4.79 Å². The Labute approximate surface area is 180 Å². The summed E-state index contributed by atoms with van der Waals surface area (Å²) in [5.74, 6) is 0.884. The molecule has 2 aromatic carbocycles. The fourth-order valence-electron chi connectivity index (χ4n) is 3.03. The molecule has 7 nitrogen and oxygen atoms in total. The number of ether oxygens (including phenoxy) is 2. The van der Waals surface area contributed by atoms with Gasteiger partial charge in [0, 0.05) is 48.4 Å². The van der Waals surface area contributed by atoms with Crippen LogP contribution in [0.25, 0.3) is 0 Å². The van der Waals surface area contributed by atoms with E-state index in [2.05, 4.69) is 10.3 Å². The lowest BCUT2D eigenvalue weighted by molar-refractivity contribution is -0.120. The highest BCUT2D eigenvalue weighted by atomic mass is 35.5. The molecule has 1 unspecified atom stereocenters. The smallest absolute Gasteiger partial charge is 0.234 e. The average Bonchev–Trinajstić information content (AvgIpc) is 3.15. The summed E-state index contributed by atoms with van der Waals surface area (Å²) >= 11 is 6.17. The van der Waals surface area contributed by atoms with Crippen molar-refractivity contribution in [2.24, 2.45) is 12.8 Å². The highest BCUT2D eigenvalue weighted by Crippen LogP contribution is 2.26. The second-order valence-corrected chi connectivity index (χ2v) is 7.33. The summed E-state index contributed by atoms with van der Waals surface area (Å²) in [6.07, 6.45) is 3.97. The summed E-state index contributed by atoms with van der Waals surface area (Å²) < 4.78 is 13.2. The molecular weight excluding hydrogens is 404 g/mol. The number of aryl methyl sites for hydroxylation is 1. The van der Waals surface area contributed by atoms with Gasteiger partial charge in [0.05, 0.1) is 25.2 Å². The summed E-state index contributed by atoms with van der Waals surface area (Å²) in [6, 6.07) is 12.6. The van der Waals surface area contributed by atoms with E-state index in [0.717, 1.165) is 16.8 Å². The molecule has 0 radical (unpaired) electrons. The van der Waals surface area contributed by atoms with Gasteiger partial charge in [0.15, 0.2) is 0 Å². The van der Waals surface area contributed by atoms with Crippen LogP contribution in [0, 0.1) is 0 Å². The van der Waals surface area contributed by atoms with E-state index in [0.29, 0.717) is 36.1 Å². The SMILES string of the molecule is COc1cc(OCc2ccccc2Cl)ccc1CNC(Cc1cn(C)cn1)C(N)=O. The average molecular weight is 429 g/mol. The second kappa shape index (κ2) is 10.1. The number of methoxy groups -OCH3 is 1. The number of carbonyl (C=O) groups is 1. The Balaban J connectivity index is 1.63. The standard InChI is InChI=1S/C22H25ClN4O3/c1-27-12-17(26-14-27)9-20(22(24)28)25-11-15-7-8-18(10-21(15)29-2)30-13-16-5-3-4-6-19(16)23/h3-8,10,12,14,20,25H,9,11,13H2,1-2H3,(H2,24,28). The molecule has 0 spiro atoms. The van der Waals surface area contributed by atoms with Crippen molar-refractivity contribution < 1.29 is 14.3 Å². The number of nitrogens with one attached hydrogen (secondary N) is 1. The number of amides is 1. The van der Waals surface area contributed by atoms with Gasteiger partial charge in [-0.1, -0.05) is 35.9 Å². The van der Waals surface area contributed by atoms with Crippen LogP contribution in [-0.4, -0.2) is 28.6 Å². The molecule has 0 bridgehead atoms. The van der Waals surface area contributed by atoms with E-state index in [1.807, 2.05) is 60.3 Å². The van der Waals surface area contributed by atoms with Gasteiger partial charge in [-0.05, 0) is 12.1 Å². The number of nitrogens with zero attached hydrogens (tertiary/aromatic N) is 2. The van der Waals surface area contributed by atoms with Crippen molar-refractivity contribution in [3.63, 3.8) is 0 Å². The summed E-state index contributed by atoms with van der Waals surface area (Å²) in [5, 5.41) is 3.85. The lowest BCUT2D eigenvalue weighted by Gasteiger charge is -2.17. The van der Waals surface area contributed by atoms with Crippen LogP contribution in [0.3, 0.4) is 0 Å². The van der Waals surface area contributed by atoms with Crippen molar-refractivity contribution in [1.82, 2.24) is 14.9 Å². The van der Waals surface area contributed by atoms with E-state index in [4.69, 9.17) is 26.8 Å². The van der Waals surface area contributed by atoms with Gasteiger partial charge >= 0.3 is 0 Å². The zero-order valence-corrected chi connectivity index (χ0v) is 17.7. The van der Waals surface area contributed by atoms with Crippen molar-refractivity contribution in [2.45, 2.75) is 25.6 Å². The molecule has 0 aliphatic carbocycles. The Morgan fingerprint density at radius 1 is 1.27 bits per heavy atom. The summed E-state index contributed by atoms with van der Waals surface area (Å²) in [7, 11) is 3.47. The first-order valence-electron chi connectivity index (χ1n) is 9.49. The maximum absolute atomic E-state index is 11.9. The number of carbonyl (C=O) groups excluding carboxylic acids is 1. The molecule has 158 valence electrons. The van der Waals surface area contributed by atoms with Crippen molar-refractivity contribution in [2.75, 3.05) is 7.11 Å². The molecule has 0 aliphatic rings. The molecule has 1 atom stereocenters. The van der Waals surface area contributed by atoms with Crippen molar-refractivity contribution in [3.8, 4) is 11.5 Å². The van der Waals surface area contributed by atoms with E-state index >= 15 is 0 Å². The Morgan fingerprint density at radius 2 is 2.07 bits per heavy atom. The molecule has 1 aromatic heterocycles. The minimum Gasteiger partial charge on any atom is -0.496 e. The molecular formula is C22H25ClN4O3. The molecule has 3 N–H and O–H groups in total. The van der Waals surface area contributed by atoms with Crippen LogP contribution in [0.4, 0.5) is 0 Å². The van der Waals surface area contributed by atoms with Gasteiger partial charge in [0.25, 0.3) is 0 Å². The highest BCUT2D eigenvalue weighted by molar-refractivity contribution is 6.31. The summed E-state index contributed by atoms with van der Waals surface area (Å²) in [4.78, 5) is 16.1. The maximum Gasteiger partial charge on any atom is 0.234 e. The van der Waals surface area contributed by atoms with Gasteiger partial charge in [-0.25, -0.2) is 4.98 Å². The predicted octanol–water partition coefficient (Wildman–Crippen LogP) is 2.85. The number of halogens is 1. The van der Waals surface area contributed by atoms with Crippen LogP contribution in [0.5, 0.6) is 11.5 Å². The van der Waals surface area contributed by atoms with E-state index in [9.17, 15) is 4.79 Å². The van der Waals surface area contributed by atoms with Gasteiger partial charge in [0.1, 0.15) is 18.1 Å². The third-order valence-electron chi connectivity index (χ3n) is 4.66. The largest absolute Gasteiger partial charge is 0.496 e. The Hall–Kier alpha value is -3.03. The van der Waals surface area contributed by atoms with Gasteiger partial charge in [-0.15, -0.1) is 0 Å². The minimum absolute atomic E-state index is 0.355. The number of primary amides is 1. The van der Waals surface area contributed by atoms with E-state index in [-0.39, 0.29) is 0 Å². The zero-order valence-electron chi connectivity index (χ0n) is 17.0. The normalized spacial score (nSPS) is 11.8. The van der Waals surface area contributed by atoms with Crippen molar-refractivity contribution in [1.29, 1.82) is 0 Å². The highest BCUT2D eigenvalue weighted by Gasteiger charge is 2.18. The Bertz CT molecular complexity index is 1010. The molecule has 1 amide bonds. The quantitative estimate of drug-likeness (QED) is 0.518. The van der Waals surface area contributed by atoms with Crippen LogP contribution >= 0.6 is 11.6 Å². The third kappa shape index (κ3) is 5.75.